The predicted octanol–water partition coefficient (Wildman–Crippen LogP) is 10.5. The third-order valence-corrected chi connectivity index (χ3v) is 8.45. The van der Waals surface area contributed by atoms with Crippen molar-refractivity contribution in [3.8, 4) is 11.1 Å². The van der Waals surface area contributed by atoms with Crippen LogP contribution >= 0.6 is 0 Å². The highest BCUT2D eigenvalue weighted by molar-refractivity contribution is 6.07. The SMILES string of the molecule is CC1(C)c2ccccc2-c2cc(N(c3ccc4oc5ccccc5c4c3)c3cccc4ccccc34)ccc21. The standard InChI is InChI=1S/C37H27NO/c1-37(2)32-15-7-5-13-28(32)30-22-25(18-20-33(30)37)38(34-16-9-11-24-10-3-4-12-27(24)34)26-19-21-36-31(23-26)29-14-6-8-17-35(29)39-36/h3-23H,1-2H3. The molecule has 0 saturated heterocycles. The summed E-state index contributed by atoms with van der Waals surface area (Å²) in [5.41, 5.74) is 10.6. The van der Waals surface area contributed by atoms with Gasteiger partial charge in [-0.3, -0.25) is 0 Å². The summed E-state index contributed by atoms with van der Waals surface area (Å²) in [6.07, 6.45) is 0. The molecule has 0 fully saturated rings. The van der Waals surface area contributed by atoms with Crippen molar-refractivity contribution in [2.24, 2.45) is 0 Å². The van der Waals surface area contributed by atoms with E-state index in [2.05, 4.69) is 134 Å². The number of hydrogen-bond donors (Lipinski definition) is 0. The van der Waals surface area contributed by atoms with E-state index in [1.54, 1.807) is 0 Å². The lowest BCUT2D eigenvalue weighted by Gasteiger charge is -2.28. The Hall–Kier alpha value is -4.82. The highest BCUT2D eigenvalue weighted by Gasteiger charge is 2.35. The van der Waals surface area contributed by atoms with Crippen LogP contribution in [0.15, 0.2) is 132 Å². The fraction of sp³-hybridized carbons (Fsp3) is 0.0811. The second-order valence-electron chi connectivity index (χ2n) is 11.0. The molecule has 2 heteroatoms. The van der Waals surface area contributed by atoms with Gasteiger partial charge in [0.2, 0.25) is 0 Å². The van der Waals surface area contributed by atoms with E-state index >= 15 is 0 Å². The van der Waals surface area contributed by atoms with E-state index in [4.69, 9.17) is 4.42 Å². The molecule has 2 nitrogen and oxygen atoms in total. The zero-order valence-electron chi connectivity index (χ0n) is 22.0. The summed E-state index contributed by atoms with van der Waals surface area (Å²) in [5, 5.41) is 4.71. The van der Waals surface area contributed by atoms with Gasteiger partial charge in [0.05, 0.1) is 5.69 Å². The van der Waals surface area contributed by atoms with Crippen LogP contribution in [0.5, 0.6) is 0 Å². The molecule has 0 radical (unpaired) electrons. The van der Waals surface area contributed by atoms with Crippen LogP contribution in [-0.4, -0.2) is 0 Å². The molecule has 1 aliphatic carbocycles. The molecule has 0 unspecified atom stereocenters. The van der Waals surface area contributed by atoms with Gasteiger partial charge in [-0.05, 0) is 70.1 Å². The Morgan fingerprint density at radius 2 is 1.18 bits per heavy atom. The van der Waals surface area contributed by atoms with Gasteiger partial charge in [0.15, 0.2) is 0 Å². The highest BCUT2D eigenvalue weighted by atomic mass is 16.3. The van der Waals surface area contributed by atoms with E-state index < -0.39 is 0 Å². The molecule has 0 bridgehead atoms. The molecule has 6 aromatic carbocycles. The maximum absolute atomic E-state index is 6.17. The summed E-state index contributed by atoms with van der Waals surface area (Å²) >= 11 is 0. The van der Waals surface area contributed by atoms with E-state index in [1.807, 2.05) is 12.1 Å². The summed E-state index contributed by atoms with van der Waals surface area (Å²) < 4.78 is 6.17. The molecule has 7 aromatic rings. The molecule has 0 aliphatic heterocycles. The first kappa shape index (κ1) is 22.2. The monoisotopic (exact) mass is 501 g/mol. The zero-order valence-corrected chi connectivity index (χ0v) is 22.0. The third kappa shape index (κ3) is 3.21. The van der Waals surface area contributed by atoms with E-state index in [-0.39, 0.29) is 5.41 Å². The van der Waals surface area contributed by atoms with Crippen LogP contribution in [-0.2, 0) is 5.41 Å². The van der Waals surface area contributed by atoms with Gasteiger partial charge < -0.3 is 9.32 Å². The van der Waals surface area contributed by atoms with Crippen LogP contribution in [0.4, 0.5) is 17.1 Å². The van der Waals surface area contributed by atoms with Crippen LogP contribution in [0.3, 0.4) is 0 Å². The predicted molar refractivity (Wildman–Crippen MR) is 163 cm³/mol. The van der Waals surface area contributed by atoms with E-state index in [0.717, 1.165) is 39.0 Å². The van der Waals surface area contributed by atoms with Crippen molar-refractivity contribution < 1.29 is 4.42 Å². The lowest BCUT2D eigenvalue weighted by atomic mass is 9.82. The Bertz CT molecular complexity index is 2060. The Kier molecular flexibility index (Phi) is 4.60. The fourth-order valence-electron chi connectivity index (χ4n) is 6.53. The van der Waals surface area contributed by atoms with Gasteiger partial charge in [-0.1, -0.05) is 98.8 Å². The van der Waals surface area contributed by atoms with Gasteiger partial charge in [-0.2, -0.15) is 0 Å². The molecule has 186 valence electrons. The van der Waals surface area contributed by atoms with Crippen molar-refractivity contribution in [1.82, 2.24) is 0 Å². The molecule has 0 amide bonds. The molecule has 8 rings (SSSR count). The molecular weight excluding hydrogens is 474 g/mol. The largest absolute Gasteiger partial charge is 0.456 e. The van der Waals surface area contributed by atoms with Crippen molar-refractivity contribution in [2.75, 3.05) is 4.90 Å². The molecule has 0 spiro atoms. The average Bonchev–Trinajstić information content (AvgIpc) is 3.45. The minimum absolute atomic E-state index is 0.0245. The first-order chi connectivity index (χ1) is 19.1. The highest BCUT2D eigenvalue weighted by Crippen LogP contribution is 2.51. The molecular formula is C37H27NO. The van der Waals surface area contributed by atoms with E-state index in [0.29, 0.717) is 0 Å². The normalized spacial score (nSPS) is 13.6. The lowest BCUT2D eigenvalue weighted by molar-refractivity contribution is 0.660. The van der Waals surface area contributed by atoms with Crippen molar-refractivity contribution >= 4 is 49.8 Å². The fourth-order valence-corrected chi connectivity index (χ4v) is 6.53. The molecule has 0 saturated carbocycles. The topological polar surface area (TPSA) is 16.4 Å². The Balaban J connectivity index is 1.41. The number of hydrogen-bond acceptors (Lipinski definition) is 2. The summed E-state index contributed by atoms with van der Waals surface area (Å²) in [4.78, 5) is 2.40. The third-order valence-electron chi connectivity index (χ3n) is 8.45. The maximum Gasteiger partial charge on any atom is 0.135 e. The Morgan fingerprint density at radius 3 is 2.10 bits per heavy atom. The van der Waals surface area contributed by atoms with Crippen molar-refractivity contribution in [2.45, 2.75) is 19.3 Å². The van der Waals surface area contributed by atoms with E-state index in [1.165, 1.54) is 33.0 Å². The average molecular weight is 502 g/mol. The van der Waals surface area contributed by atoms with E-state index in [9.17, 15) is 0 Å². The van der Waals surface area contributed by atoms with Gasteiger partial charge >= 0.3 is 0 Å². The Labute approximate surface area is 227 Å². The van der Waals surface area contributed by atoms with Crippen molar-refractivity contribution in [3.63, 3.8) is 0 Å². The number of para-hydroxylation sites is 1. The van der Waals surface area contributed by atoms with Crippen LogP contribution in [0.25, 0.3) is 43.8 Å². The number of benzene rings is 6. The van der Waals surface area contributed by atoms with Gasteiger partial charge in [-0.15, -0.1) is 0 Å². The van der Waals surface area contributed by atoms with Gasteiger partial charge in [0, 0.05) is 32.9 Å². The first-order valence-corrected chi connectivity index (χ1v) is 13.5. The number of fused-ring (bicyclic) bond motifs is 7. The summed E-state index contributed by atoms with van der Waals surface area (Å²) in [6.45, 7) is 4.66. The second kappa shape index (κ2) is 8.09. The van der Waals surface area contributed by atoms with Crippen LogP contribution in [0.2, 0.25) is 0 Å². The molecule has 1 heterocycles. The molecule has 39 heavy (non-hydrogen) atoms. The number of nitrogens with zero attached hydrogens (tertiary/aromatic N) is 1. The Morgan fingerprint density at radius 1 is 0.513 bits per heavy atom. The van der Waals surface area contributed by atoms with Crippen molar-refractivity contribution in [3.05, 3.63) is 139 Å². The molecule has 0 atom stereocenters. The van der Waals surface area contributed by atoms with Gasteiger partial charge in [0.1, 0.15) is 11.2 Å². The smallest absolute Gasteiger partial charge is 0.135 e. The molecule has 1 aromatic heterocycles. The first-order valence-electron chi connectivity index (χ1n) is 13.5. The van der Waals surface area contributed by atoms with Crippen molar-refractivity contribution in [1.29, 1.82) is 0 Å². The summed E-state index contributed by atoms with van der Waals surface area (Å²) in [5.74, 6) is 0. The zero-order chi connectivity index (χ0) is 26.1. The van der Waals surface area contributed by atoms with Crippen LogP contribution in [0, 0.1) is 0 Å². The van der Waals surface area contributed by atoms with Crippen LogP contribution < -0.4 is 4.90 Å². The summed E-state index contributed by atoms with van der Waals surface area (Å²) in [7, 11) is 0. The van der Waals surface area contributed by atoms with Gasteiger partial charge in [0.25, 0.3) is 0 Å². The molecule has 1 aliphatic rings. The van der Waals surface area contributed by atoms with Gasteiger partial charge in [-0.25, -0.2) is 0 Å². The minimum Gasteiger partial charge on any atom is -0.456 e. The summed E-state index contributed by atoms with van der Waals surface area (Å²) in [6, 6.07) is 45.9. The number of rotatable bonds is 3. The number of anilines is 3. The lowest BCUT2D eigenvalue weighted by Crippen LogP contribution is -2.15. The maximum atomic E-state index is 6.17. The molecule has 0 N–H and O–H groups in total. The minimum atomic E-state index is -0.0245. The number of furan rings is 1. The second-order valence-corrected chi connectivity index (χ2v) is 11.0. The van der Waals surface area contributed by atoms with Crippen LogP contribution in [0.1, 0.15) is 25.0 Å². The quantitative estimate of drug-likeness (QED) is 0.239.